The summed E-state index contributed by atoms with van der Waals surface area (Å²) in [5.41, 5.74) is 3.80. The van der Waals surface area contributed by atoms with E-state index in [9.17, 15) is 4.79 Å². The Balaban J connectivity index is 1.66. The molecule has 0 bridgehead atoms. The third-order valence-electron chi connectivity index (χ3n) is 5.23. The van der Waals surface area contributed by atoms with Crippen LogP contribution in [0, 0.1) is 6.92 Å². The number of hydrogen-bond donors (Lipinski definition) is 1. The fourth-order valence-electron chi connectivity index (χ4n) is 3.95. The van der Waals surface area contributed by atoms with E-state index in [1.165, 1.54) is 11.3 Å². The Morgan fingerprint density at radius 2 is 2.07 bits per heavy atom. The molecule has 1 N–H and O–H groups in total. The Morgan fingerprint density at radius 3 is 2.80 bits per heavy atom. The number of nitrogens with zero attached hydrogens (tertiary/aromatic N) is 2. The van der Waals surface area contributed by atoms with Crippen LogP contribution in [0.3, 0.4) is 0 Å². The Bertz CT molecular complexity index is 1200. The van der Waals surface area contributed by atoms with E-state index in [2.05, 4.69) is 10.3 Å². The number of ether oxygens (including phenoxy) is 1. The molecular formula is C23H21N3O3S. The number of thiophene rings is 1. The van der Waals surface area contributed by atoms with Crippen molar-refractivity contribution in [2.24, 2.45) is 0 Å². The van der Waals surface area contributed by atoms with Crippen molar-refractivity contribution in [3.8, 4) is 0 Å². The van der Waals surface area contributed by atoms with Gasteiger partial charge in [0.1, 0.15) is 15.5 Å². The lowest BCUT2D eigenvalue weighted by Gasteiger charge is -2.35. The van der Waals surface area contributed by atoms with Crippen LogP contribution in [0.4, 0.5) is 5.69 Å². The van der Waals surface area contributed by atoms with Crippen molar-refractivity contribution in [1.82, 2.24) is 9.88 Å². The standard InChI is InChI=1S/C23H21N3O3S/c1-14-11-16(13-28-2)18-19-20(30-22(18)24-14)23(27)26(12-15-7-4-3-5-8-15)21(25-19)17-9-6-10-29-17/h3-11,21,25H,12-13H2,1-2H3. The van der Waals surface area contributed by atoms with Crippen molar-refractivity contribution >= 4 is 33.1 Å². The fourth-order valence-corrected chi connectivity index (χ4v) is 5.13. The molecular weight excluding hydrogens is 398 g/mol. The summed E-state index contributed by atoms with van der Waals surface area (Å²) < 4.78 is 11.1. The van der Waals surface area contributed by atoms with Gasteiger partial charge in [0.2, 0.25) is 0 Å². The minimum atomic E-state index is -0.408. The number of furan rings is 1. The summed E-state index contributed by atoms with van der Waals surface area (Å²) in [6.45, 7) is 2.89. The summed E-state index contributed by atoms with van der Waals surface area (Å²) in [5, 5.41) is 4.52. The average molecular weight is 420 g/mol. The molecule has 0 fully saturated rings. The van der Waals surface area contributed by atoms with Crippen LogP contribution in [0.1, 0.15) is 38.4 Å². The first kappa shape index (κ1) is 18.8. The number of nitrogens with one attached hydrogen (secondary N) is 1. The summed E-state index contributed by atoms with van der Waals surface area (Å²) in [6, 6.07) is 15.7. The summed E-state index contributed by atoms with van der Waals surface area (Å²) in [5.74, 6) is 0.663. The van der Waals surface area contributed by atoms with E-state index < -0.39 is 6.17 Å². The minimum absolute atomic E-state index is 0.0296. The summed E-state index contributed by atoms with van der Waals surface area (Å²) >= 11 is 1.42. The monoisotopic (exact) mass is 419 g/mol. The van der Waals surface area contributed by atoms with Gasteiger partial charge in [0.05, 0.1) is 18.6 Å². The molecule has 0 aliphatic carbocycles. The van der Waals surface area contributed by atoms with E-state index in [0.29, 0.717) is 23.8 Å². The molecule has 0 radical (unpaired) electrons. The second-order valence-corrected chi connectivity index (χ2v) is 8.32. The zero-order valence-corrected chi connectivity index (χ0v) is 17.5. The molecule has 0 spiro atoms. The van der Waals surface area contributed by atoms with E-state index in [1.807, 2.05) is 60.4 Å². The van der Waals surface area contributed by atoms with Gasteiger partial charge in [-0.2, -0.15) is 0 Å². The molecule has 1 aliphatic heterocycles. The molecule has 30 heavy (non-hydrogen) atoms. The topological polar surface area (TPSA) is 67.6 Å². The number of aryl methyl sites for hydroxylation is 1. The van der Waals surface area contributed by atoms with E-state index in [-0.39, 0.29) is 5.91 Å². The molecule has 5 rings (SSSR count). The molecule has 3 aromatic heterocycles. The third-order valence-corrected chi connectivity index (χ3v) is 6.30. The molecule has 4 heterocycles. The molecule has 6 nitrogen and oxygen atoms in total. The smallest absolute Gasteiger partial charge is 0.268 e. The Labute approximate surface area is 178 Å². The molecule has 1 aliphatic rings. The van der Waals surface area contributed by atoms with Crippen molar-refractivity contribution in [2.45, 2.75) is 26.2 Å². The first-order chi connectivity index (χ1) is 14.7. The Kier molecular flexibility index (Phi) is 4.77. The highest BCUT2D eigenvalue weighted by molar-refractivity contribution is 7.21. The highest BCUT2D eigenvalue weighted by atomic mass is 32.1. The van der Waals surface area contributed by atoms with E-state index >= 15 is 0 Å². The summed E-state index contributed by atoms with van der Waals surface area (Å²) in [6.07, 6.45) is 1.22. The maximum absolute atomic E-state index is 13.6. The zero-order chi connectivity index (χ0) is 20.7. The summed E-state index contributed by atoms with van der Waals surface area (Å²) in [4.78, 5) is 21.7. The molecule has 152 valence electrons. The fraction of sp³-hybridized carbons (Fsp3) is 0.217. The van der Waals surface area contributed by atoms with Gasteiger partial charge in [0.25, 0.3) is 5.91 Å². The molecule has 7 heteroatoms. The summed E-state index contributed by atoms with van der Waals surface area (Å²) in [7, 11) is 1.67. The van der Waals surface area contributed by atoms with Gasteiger partial charge in [-0.25, -0.2) is 4.98 Å². The van der Waals surface area contributed by atoms with Crippen LogP contribution >= 0.6 is 11.3 Å². The predicted octanol–water partition coefficient (Wildman–Crippen LogP) is 5.11. The number of anilines is 1. The number of aromatic nitrogens is 1. The first-order valence-corrected chi connectivity index (χ1v) is 10.5. The molecule has 0 saturated heterocycles. The van der Waals surface area contributed by atoms with Gasteiger partial charge < -0.3 is 19.4 Å². The maximum atomic E-state index is 13.6. The molecule has 4 aromatic rings. The predicted molar refractivity (Wildman–Crippen MR) is 116 cm³/mol. The van der Waals surface area contributed by atoms with E-state index in [1.54, 1.807) is 13.4 Å². The number of fused-ring (bicyclic) bond motifs is 3. The van der Waals surface area contributed by atoms with Crippen molar-refractivity contribution < 1.29 is 13.9 Å². The van der Waals surface area contributed by atoms with Crippen LogP contribution in [-0.2, 0) is 17.9 Å². The molecule has 1 unspecified atom stereocenters. The number of pyridine rings is 1. The number of rotatable bonds is 5. The van der Waals surface area contributed by atoms with Crippen molar-refractivity contribution in [3.05, 3.63) is 82.3 Å². The lowest BCUT2D eigenvalue weighted by molar-refractivity contribution is 0.0651. The number of hydrogen-bond acceptors (Lipinski definition) is 6. The highest BCUT2D eigenvalue weighted by Gasteiger charge is 2.37. The number of carbonyl (C=O) groups excluding carboxylic acids is 1. The lowest BCUT2D eigenvalue weighted by Crippen LogP contribution is -2.41. The SMILES string of the molecule is COCc1cc(C)nc2sc3c(c12)NC(c1ccco1)N(Cc1ccccc1)C3=O. The van der Waals surface area contributed by atoms with Gasteiger partial charge in [0, 0.05) is 24.7 Å². The van der Waals surface area contributed by atoms with Crippen LogP contribution in [-0.4, -0.2) is 22.9 Å². The van der Waals surface area contributed by atoms with Crippen LogP contribution in [0.2, 0.25) is 0 Å². The second-order valence-electron chi connectivity index (χ2n) is 7.32. The Morgan fingerprint density at radius 1 is 1.23 bits per heavy atom. The largest absolute Gasteiger partial charge is 0.465 e. The molecule has 1 amide bonds. The zero-order valence-electron chi connectivity index (χ0n) is 16.7. The van der Waals surface area contributed by atoms with Crippen LogP contribution in [0.5, 0.6) is 0 Å². The first-order valence-electron chi connectivity index (χ1n) is 9.72. The Hall–Kier alpha value is -3.16. The van der Waals surface area contributed by atoms with Gasteiger partial charge in [-0.3, -0.25) is 4.79 Å². The van der Waals surface area contributed by atoms with Crippen LogP contribution in [0.25, 0.3) is 10.2 Å². The number of amides is 1. The van der Waals surface area contributed by atoms with E-state index in [4.69, 9.17) is 9.15 Å². The normalized spacial score (nSPS) is 16.0. The molecule has 1 atom stereocenters. The quantitative estimate of drug-likeness (QED) is 0.487. The van der Waals surface area contributed by atoms with E-state index in [0.717, 1.165) is 32.7 Å². The van der Waals surface area contributed by atoms with Gasteiger partial charge in [0.15, 0.2) is 6.17 Å². The highest BCUT2D eigenvalue weighted by Crippen LogP contribution is 2.44. The molecule has 1 aromatic carbocycles. The average Bonchev–Trinajstić information content (AvgIpc) is 3.39. The van der Waals surface area contributed by atoms with Crippen molar-refractivity contribution in [2.75, 3.05) is 12.4 Å². The van der Waals surface area contributed by atoms with Gasteiger partial charge in [-0.15, -0.1) is 11.3 Å². The third kappa shape index (κ3) is 3.16. The number of carbonyl (C=O) groups is 1. The van der Waals surface area contributed by atoms with Crippen molar-refractivity contribution in [3.63, 3.8) is 0 Å². The molecule has 0 saturated carbocycles. The number of benzene rings is 1. The van der Waals surface area contributed by atoms with Gasteiger partial charge >= 0.3 is 0 Å². The second kappa shape index (κ2) is 7.59. The van der Waals surface area contributed by atoms with Crippen molar-refractivity contribution in [1.29, 1.82) is 0 Å². The number of methoxy groups -OCH3 is 1. The van der Waals surface area contributed by atoms with Gasteiger partial charge in [-0.05, 0) is 36.2 Å². The van der Waals surface area contributed by atoms with Crippen LogP contribution < -0.4 is 5.32 Å². The lowest BCUT2D eigenvalue weighted by atomic mass is 10.1. The minimum Gasteiger partial charge on any atom is -0.465 e. The van der Waals surface area contributed by atoms with Gasteiger partial charge in [-0.1, -0.05) is 30.3 Å². The van der Waals surface area contributed by atoms with Crippen LogP contribution in [0.15, 0.2) is 59.2 Å². The maximum Gasteiger partial charge on any atom is 0.268 e.